The van der Waals surface area contributed by atoms with Crippen molar-refractivity contribution in [1.29, 1.82) is 0 Å². The van der Waals surface area contributed by atoms with E-state index in [9.17, 15) is 9.59 Å². The normalized spacial score (nSPS) is 12.1. The Morgan fingerprint density at radius 1 is 0.727 bits per heavy atom. The van der Waals surface area contributed by atoms with Gasteiger partial charge in [0.15, 0.2) is 0 Å². The number of esters is 1. The number of hydrogen-bond donors (Lipinski definition) is 1. The van der Waals surface area contributed by atoms with Crippen LogP contribution >= 0.6 is 15.9 Å². The Balaban J connectivity index is 1.54. The van der Waals surface area contributed by atoms with Gasteiger partial charge < -0.3 is 10.1 Å². The molecule has 1 aromatic carbocycles. The van der Waals surface area contributed by atoms with Crippen molar-refractivity contribution in [3.63, 3.8) is 0 Å². The highest BCUT2D eigenvalue weighted by atomic mass is 79.9. The second-order valence-corrected chi connectivity index (χ2v) is 13.7. The van der Waals surface area contributed by atoms with Gasteiger partial charge in [-0.25, -0.2) is 0 Å². The van der Waals surface area contributed by atoms with Crippen LogP contribution in [0.1, 0.15) is 145 Å². The topological polar surface area (TPSA) is 55.4 Å². The van der Waals surface area contributed by atoms with E-state index in [1.807, 2.05) is 30.3 Å². The minimum absolute atomic E-state index is 0.323. The Morgan fingerprint density at radius 3 is 1.84 bits per heavy atom. The number of unbranched alkanes of at least 4 members (excludes halogenated alkanes) is 12. The van der Waals surface area contributed by atoms with E-state index in [0.717, 1.165) is 51.7 Å². The van der Waals surface area contributed by atoms with Crippen molar-refractivity contribution in [3.8, 4) is 11.1 Å². The lowest BCUT2D eigenvalue weighted by Crippen LogP contribution is -2.26. The van der Waals surface area contributed by atoms with E-state index in [4.69, 9.17) is 4.74 Å². The average molecular weight is 665 g/mol. The van der Waals surface area contributed by atoms with Crippen LogP contribution in [-0.2, 0) is 14.3 Å². The third kappa shape index (κ3) is 11.4. The van der Waals surface area contributed by atoms with Gasteiger partial charge in [-0.3, -0.25) is 9.59 Å². The van der Waals surface area contributed by atoms with Crippen LogP contribution in [0.25, 0.3) is 11.1 Å². The van der Waals surface area contributed by atoms with Crippen molar-refractivity contribution in [3.05, 3.63) is 75.3 Å². The van der Waals surface area contributed by atoms with Gasteiger partial charge in [-0.2, -0.15) is 0 Å². The summed E-state index contributed by atoms with van der Waals surface area (Å²) in [6.07, 6.45) is 15.6. The van der Waals surface area contributed by atoms with Crippen LogP contribution in [0.15, 0.2) is 53.0 Å². The molecule has 1 unspecified atom stereocenters. The lowest BCUT2D eigenvalue weighted by molar-refractivity contribution is -0.154. The Kier molecular flexibility index (Phi) is 15.5. The number of carbonyl (C=O) groups is 2. The van der Waals surface area contributed by atoms with Crippen LogP contribution in [-0.4, -0.2) is 11.9 Å². The molecule has 0 bridgehead atoms. The SMILES string of the molecule is CCCCCCCCCCCCCCCC(=O)OC(C(=O)Nc1cc(C)c2cc(C(C)C)ccc(C)c1-2)c1ccc(Br)cc1. The largest absolute Gasteiger partial charge is 0.447 e. The summed E-state index contributed by atoms with van der Waals surface area (Å²) >= 11 is 3.47. The van der Waals surface area contributed by atoms with E-state index >= 15 is 0 Å². The standard InChI is InChI=1S/C39H54BrNO3/c1-6-7-8-9-10-11-12-13-14-15-16-17-18-19-36(42)44-38(31-22-24-33(40)25-23-31)39(43)41-35-26-30(5)34-27-32(28(2)3)21-20-29(4)37(34)35/h20-28,38H,6-19H2,1-5H3,(H,41,43). The van der Waals surface area contributed by atoms with Gasteiger partial charge in [-0.15, -0.1) is 0 Å². The highest BCUT2D eigenvalue weighted by Crippen LogP contribution is 2.40. The first kappa shape index (κ1) is 35.8. The van der Waals surface area contributed by atoms with Crippen LogP contribution in [0, 0.1) is 13.8 Å². The third-order valence-electron chi connectivity index (χ3n) is 8.62. The maximum atomic E-state index is 13.7. The van der Waals surface area contributed by atoms with E-state index < -0.39 is 6.10 Å². The summed E-state index contributed by atoms with van der Waals surface area (Å²) in [6, 6.07) is 15.9. The lowest BCUT2D eigenvalue weighted by atomic mass is 10.0. The van der Waals surface area contributed by atoms with Gasteiger partial charge in [0.1, 0.15) is 0 Å². The van der Waals surface area contributed by atoms with E-state index in [1.54, 1.807) is 0 Å². The number of carbonyl (C=O) groups excluding carboxylic acids is 2. The van der Waals surface area contributed by atoms with Gasteiger partial charge in [-0.1, -0.05) is 144 Å². The fourth-order valence-electron chi connectivity index (χ4n) is 5.88. The smallest absolute Gasteiger partial charge is 0.306 e. The number of anilines is 1. The summed E-state index contributed by atoms with van der Waals surface area (Å²) in [5, 5.41) is 3.12. The Bertz CT molecular complexity index is 1280. The molecule has 1 N–H and O–H groups in total. The maximum Gasteiger partial charge on any atom is 0.306 e. The highest BCUT2D eigenvalue weighted by Gasteiger charge is 2.27. The number of rotatable bonds is 19. The van der Waals surface area contributed by atoms with E-state index in [1.165, 1.54) is 69.8 Å². The monoisotopic (exact) mass is 663 g/mol. The number of halogens is 1. The number of aryl methyl sites for hydroxylation is 2. The molecule has 2 aliphatic carbocycles. The van der Waals surface area contributed by atoms with Gasteiger partial charge >= 0.3 is 5.97 Å². The van der Waals surface area contributed by atoms with Crippen molar-refractivity contribution < 1.29 is 14.3 Å². The van der Waals surface area contributed by atoms with E-state index in [0.29, 0.717) is 17.9 Å². The van der Waals surface area contributed by atoms with Crippen molar-refractivity contribution in [2.75, 3.05) is 5.32 Å². The molecule has 3 rings (SSSR count). The van der Waals surface area contributed by atoms with E-state index in [2.05, 4.69) is 74.1 Å². The van der Waals surface area contributed by atoms with Crippen LogP contribution in [0.3, 0.4) is 0 Å². The molecule has 2 aliphatic rings. The summed E-state index contributed by atoms with van der Waals surface area (Å²) in [5.41, 5.74) is 7.01. The lowest BCUT2D eigenvalue weighted by Gasteiger charge is -2.19. The van der Waals surface area contributed by atoms with Gasteiger partial charge in [0.2, 0.25) is 6.10 Å². The average Bonchev–Trinajstić information content (AvgIpc) is 3.17. The zero-order valence-corrected chi connectivity index (χ0v) is 29.4. The van der Waals surface area contributed by atoms with Crippen molar-refractivity contribution in [2.24, 2.45) is 0 Å². The summed E-state index contributed by atoms with van der Waals surface area (Å²) in [7, 11) is 0. The number of ether oxygens (including phenoxy) is 1. The molecule has 0 fully saturated rings. The summed E-state index contributed by atoms with van der Waals surface area (Å²) in [5.74, 6) is -0.273. The molecular weight excluding hydrogens is 610 g/mol. The summed E-state index contributed by atoms with van der Waals surface area (Å²) < 4.78 is 6.77. The molecule has 5 heteroatoms. The molecule has 44 heavy (non-hydrogen) atoms. The second-order valence-electron chi connectivity index (χ2n) is 12.7. The number of amides is 1. The Morgan fingerprint density at radius 2 is 1.27 bits per heavy atom. The highest BCUT2D eigenvalue weighted by molar-refractivity contribution is 9.10. The zero-order chi connectivity index (χ0) is 31.9. The van der Waals surface area contributed by atoms with Gasteiger partial charge in [0.25, 0.3) is 5.91 Å². The van der Waals surface area contributed by atoms with Crippen molar-refractivity contribution in [2.45, 2.75) is 137 Å². The summed E-state index contributed by atoms with van der Waals surface area (Å²) in [4.78, 5) is 26.7. The molecule has 0 aliphatic heterocycles. The van der Waals surface area contributed by atoms with Crippen molar-refractivity contribution in [1.82, 2.24) is 0 Å². The number of nitrogens with one attached hydrogen (secondary N) is 1. The molecule has 0 saturated carbocycles. The first-order valence-corrected chi connectivity index (χ1v) is 17.8. The third-order valence-corrected chi connectivity index (χ3v) is 9.15. The van der Waals surface area contributed by atoms with Crippen LogP contribution < -0.4 is 5.32 Å². The van der Waals surface area contributed by atoms with E-state index in [-0.39, 0.29) is 11.9 Å². The molecular formula is C39H54BrNO3. The predicted octanol–water partition coefficient (Wildman–Crippen LogP) is 12.0. The van der Waals surface area contributed by atoms with Gasteiger partial charge in [0.05, 0.1) is 0 Å². The molecule has 0 spiro atoms. The molecule has 1 aromatic rings. The molecule has 0 saturated heterocycles. The molecule has 0 heterocycles. The fraction of sp³-hybridized carbons (Fsp3) is 0.538. The number of fused-ring (bicyclic) bond motifs is 1. The molecule has 1 atom stereocenters. The van der Waals surface area contributed by atoms with Crippen LogP contribution in [0.4, 0.5) is 5.69 Å². The minimum Gasteiger partial charge on any atom is -0.447 e. The summed E-state index contributed by atoms with van der Waals surface area (Å²) in [6.45, 7) is 10.8. The fourth-order valence-corrected chi connectivity index (χ4v) is 6.15. The molecule has 4 nitrogen and oxygen atoms in total. The van der Waals surface area contributed by atoms with Crippen LogP contribution in [0.2, 0.25) is 0 Å². The Labute approximate surface area is 275 Å². The second kappa shape index (κ2) is 19.0. The van der Waals surface area contributed by atoms with Gasteiger partial charge in [-0.05, 0) is 66.6 Å². The van der Waals surface area contributed by atoms with Gasteiger partial charge in [0, 0.05) is 27.7 Å². The predicted molar refractivity (Wildman–Crippen MR) is 189 cm³/mol. The van der Waals surface area contributed by atoms with Crippen LogP contribution in [0.5, 0.6) is 0 Å². The molecule has 0 radical (unpaired) electrons. The zero-order valence-electron chi connectivity index (χ0n) is 27.8. The first-order valence-electron chi connectivity index (χ1n) is 17.0. The Hall–Kier alpha value is -2.66. The number of hydrogen-bond acceptors (Lipinski definition) is 3. The molecule has 240 valence electrons. The van der Waals surface area contributed by atoms with Crippen molar-refractivity contribution >= 4 is 33.5 Å². The number of benzene rings is 1. The molecule has 1 amide bonds. The minimum atomic E-state index is -1.02. The maximum absolute atomic E-state index is 13.7. The first-order chi connectivity index (χ1) is 21.2. The molecule has 0 aromatic heterocycles. The quantitative estimate of drug-likeness (QED) is 0.102.